The van der Waals surface area contributed by atoms with Gasteiger partial charge in [-0.25, -0.2) is 0 Å². The summed E-state index contributed by atoms with van der Waals surface area (Å²) in [5, 5.41) is 8.28. The highest BCUT2D eigenvalue weighted by molar-refractivity contribution is 4.68. The van der Waals surface area contributed by atoms with Crippen LogP contribution in [0.1, 0.15) is 52.4 Å². The van der Waals surface area contributed by atoms with Gasteiger partial charge in [-0.15, -0.1) is 0 Å². The van der Waals surface area contributed by atoms with Crippen molar-refractivity contribution in [3.63, 3.8) is 0 Å². The summed E-state index contributed by atoms with van der Waals surface area (Å²) in [5.74, 6) is 0.860. The van der Waals surface area contributed by atoms with E-state index in [-0.39, 0.29) is 0 Å². The average molecular weight is 153 g/mol. The third kappa shape index (κ3) is 7.39. The molecular weight excluding hydrogens is 134 g/mol. The zero-order chi connectivity index (χ0) is 8.53. The molecule has 0 amide bonds. The number of unbranched alkanes of at least 4 members (excludes halogenated alkanes) is 2. The fraction of sp³-hybridized carbons (Fsp3) is 0.900. The minimum absolute atomic E-state index is 0.735. The maximum atomic E-state index is 8.28. The molecule has 0 rings (SSSR count). The third-order valence-corrected chi connectivity index (χ3v) is 2.02. The summed E-state index contributed by atoms with van der Waals surface area (Å²) in [6, 6.07) is 2.17. The third-order valence-electron chi connectivity index (χ3n) is 2.02. The molecule has 11 heavy (non-hydrogen) atoms. The van der Waals surface area contributed by atoms with E-state index in [4.69, 9.17) is 5.26 Å². The van der Waals surface area contributed by atoms with E-state index < -0.39 is 0 Å². The molecule has 0 N–H and O–H groups in total. The van der Waals surface area contributed by atoms with E-state index in [1.807, 2.05) is 0 Å². The van der Waals surface area contributed by atoms with Crippen molar-refractivity contribution >= 4 is 0 Å². The Bertz CT molecular complexity index is 113. The Morgan fingerprint density at radius 3 is 2.55 bits per heavy atom. The molecule has 0 fully saturated rings. The first kappa shape index (κ1) is 10.5. The van der Waals surface area contributed by atoms with E-state index in [0.717, 1.165) is 18.8 Å². The number of hydrogen-bond acceptors (Lipinski definition) is 1. The summed E-state index contributed by atoms with van der Waals surface area (Å²) >= 11 is 0. The second-order valence-electron chi connectivity index (χ2n) is 3.30. The lowest BCUT2D eigenvalue weighted by atomic mass is 9.99. The van der Waals surface area contributed by atoms with Crippen LogP contribution in [0.4, 0.5) is 0 Å². The van der Waals surface area contributed by atoms with Gasteiger partial charge < -0.3 is 0 Å². The first-order valence-electron chi connectivity index (χ1n) is 4.68. The first-order chi connectivity index (χ1) is 5.31. The van der Waals surface area contributed by atoms with Gasteiger partial charge in [0.25, 0.3) is 0 Å². The van der Waals surface area contributed by atoms with Crippen molar-refractivity contribution in [2.24, 2.45) is 5.92 Å². The van der Waals surface area contributed by atoms with Gasteiger partial charge in [-0.3, -0.25) is 0 Å². The lowest BCUT2D eigenvalue weighted by Crippen LogP contribution is -1.93. The summed E-state index contributed by atoms with van der Waals surface area (Å²) in [6.45, 7) is 4.53. The van der Waals surface area contributed by atoms with Crippen molar-refractivity contribution in [3.8, 4) is 6.07 Å². The Kier molecular flexibility index (Phi) is 7.24. The van der Waals surface area contributed by atoms with Crippen LogP contribution in [0.25, 0.3) is 0 Å². The van der Waals surface area contributed by atoms with Crippen molar-refractivity contribution in [1.82, 2.24) is 0 Å². The molecule has 0 aromatic rings. The smallest absolute Gasteiger partial charge is 0.0621 e. The van der Waals surface area contributed by atoms with E-state index in [1.54, 1.807) is 0 Å². The molecule has 0 heterocycles. The summed E-state index contributed by atoms with van der Waals surface area (Å²) < 4.78 is 0. The van der Waals surface area contributed by atoms with Crippen LogP contribution in [0.15, 0.2) is 0 Å². The summed E-state index contributed by atoms with van der Waals surface area (Å²) in [7, 11) is 0. The van der Waals surface area contributed by atoms with E-state index in [1.165, 1.54) is 25.7 Å². The van der Waals surface area contributed by atoms with E-state index in [2.05, 4.69) is 19.9 Å². The van der Waals surface area contributed by atoms with E-state index in [0.29, 0.717) is 0 Å². The molecule has 0 aliphatic heterocycles. The molecule has 0 aromatic carbocycles. The monoisotopic (exact) mass is 153 g/mol. The highest BCUT2D eigenvalue weighted by Crippen LogP contribution is 2.13. The SMILES string of the molecule is CCCC(C)CCCCC#N. The highest BCUT2D eigenvalue weighted by atomic mass is 14.2. The van der Waals surface area contributed by atoms with Crippen LogP contribution in [-0.2, 0) is 0 Å². The van der Waals surface area contributed by atoms with Crippen molar-refractivity contribution in [2.45, 2.75) is 52.4 Å². The standard InChI is InChI=1S/C10H19N/c1-3-7-10(2)8-5-4-6-9-11/h10H,3-8H2,1-2H3. The number of nitrogens with zero attached hydrogens (tertiary/aromatic N) is 1. The molecule has 0 radical (unpaired) electrons. The maximum Gasteiger partial charge on any atom is 0.0621 e. The zero-order valence-electron chi connectivity index (χ0n) is 7.77. The molecule has 1 nitrogen and oxygen atoms in total. The van der Waals surface area contributed by atoms with Crippen molar-refractivity contribution in [2.75, 3.05) is 0 Å². The molecule has 0 bridgehead atoms. The van der Waals surface area contributed by atoms with Crippen molar-refractivity contribution in [1.29, 1.82) is 5.26 Å². The van der Waals surface area contributed by atoms with Gasteiger partial charge in [0.05, 0.1) is 6.07 Å². The molecule has 0 aliphatic carbocycles. The van der Waals surface area contributed by atoms with Crippen molar-refractivity contribution in [3.05, 3.63) is 0 Å². The fourth-order valence-corrected chi connectivity index (χ4v) is 1.33. The molecular formula is C10H19N. The van der Waals surface area contributed by atoms with Crippen LogP contribution in [-0.4, -0.2) is 0 Å². The van der Waals surface area contributed by atoms with Crippen LogP contribution < -0.4 is 0 Å². The van der Waals surface area contributed by atoms with Gasteiger partial charge in [0, 0.05) is 6.42 Å². The van der Waals surface area contributed by atoms with Gasteiger partial charge in [0.2, 0.25) is 0 Å². The Morgan fingerprint density at radius 1 is 1.27 bits per heavy atom. The zero-order valence-corrected chi connectivity index (χ0v) is 7.77. The molecule has 0 spiro atoms. The van der Waals surface area contributed by atoms with Crippen LogP contribution >= 0.6 is 0 Å². The van der Waals surface area contributed by atoms with Crippen LogP contribution in [0.5, 0.6) is 0 Å². The minimum Gasteiger partial charge on any atom is -0.198 e. The molecule has 1 unspecified atom stereocenters. The average Bonchev–Trinajstić information content (AvgIpc) is 1.99. The number of hydrogen-bond donors (Lipinski definition) is 0. The molecule has 1 heteroatoms. The lowest BCUT2D eigenvalue weighted by Gasteiger charge is -2.07. The summed E-state index contributed by atoms with van der Waals surface area (Å²) in [5.41, 5.74) is 0. The van der Waals surface area contributed by atoms with E-state index in [9.17, 15) is 0 Å². The van der Waals surface area contributed by atoms with Crippen LogP contribution in [0.2, 0.25) is 0 Å². The Hall–Kier alpha value is -0.510. The van der Waals surface area contributed by atoms with Gasteiger partial charge in [-0.2, -0.15) is 5.26 Å². The lowest BCUT2D eigenvalue weighted by molar-refractivity contribution is 0.462. The normalized spacial score (nSPS) is 12.5. The van der Waals surface area contributed by atoms with Gasteiger partial charge in [0.15, 0.2) is 0 Å². The van der Waals surface area contributed by atoms with Gasteiger partial charge in [-0.05, 0) is 12.3 Å². The number of nitriles is 1. The van der Waals surface area contributed by atoms with Crippen LogP contribution in [0.3, 0.4) is 0 Å². The minimum atomic E-state index is 0.735. The van der Waals surface area contributed by atoms with Gasteiger partial charge >= 0.3 is 0 Å². The predicted molar refractivity (Wildman–Crippen MR) is 48.2 cm³/mol. The Balaban J connectivity index is 3.05. The summed E-state index contributed by atoms with van der Waals surface area (Å²) in [4.78, 5) is 0. The molecule has 0 saturated carbocycles. The molecule has 1 atom stereocenters. The quantitative estimate of drug-likeness (QED) is 0.536. The molecule has 0 aromatic heterocycles. The second kappa shape index (κ2) is 7.60. The van der Waals surface area contributed by atoms with Gasteiger partial charge in [-0.1, -0.05) is 39.5 Å². The Labute approximate surface area is 70.4 Å². The topological polar surface area (TPSA) is 23.8 Å². The molecule has 64 valence electrons. The largest absolute Gasteiger partial charge is 0.198 e. The molecule has 0 aliphatic rings. The Morgan fingerprint density at radius 2 is 2.00 bits per heavy atom. The fourth-order valence-electron chi connectivity index (χ4n) is 1.33. The maximum absolute atomic E-state index is 8.28. The second-order valence-corrected chi connectivity index (χ2v) is 3.30. The molecule has 0 saturated heterocycles. The van der Waals surface area contributed by atoms with E-state index >= 15 is 0 Å². The number of rotatable bonds is 6. The highest BCUT2D eigenvalue weighted by Gasteiger charge is 1.98. The van der Waals surface area contributed by atoms with Gasteiger partial charge in [0.1, 0.15) is 0 Å². The summed E-state index contributed by atoms with van der Waals surface area (Å²) in [6.07, 6.45) is 6.99. The van der Waals surface area contributed by atoms with Crippen LogP contribution in [0, 0.1) is 17.2 Å². The van der Waals surface area contributed by atoms with Crippen molar-refractivity contribution < 1.29 is 0 Å². The predicted octanol–water partition coefficient (Wildman–Crippen LogP) is 3.51. The first-order valence-corrected chi connectivity index (χ1v) is 4.68.